The van der Waals surface area contributed by atoms with Gasteiger partial charge in [-0.3, -0.25) is 23.9 Å². The van der Waals surface area contributed by atoms with E-state index >= 15 is 0 Å². The summed E-state index contributed by atoms with van der Waals surface area (Å²) in [6.07, 6.45) is -0.792. The molecule has 14 heteroatoms. The second kappa shape index (κ2) is 16.0. The summed E-state index contributed by atoms with van der Waals surface area (Å²) < 4.78 is 2.10. The normalized spacial score (nSPS) is 18.6. The third-order valence-corrected chi connectivity index (χ3v) is 13.0. The first kappa shape index (κ1) is 40.7. The van der Waals surface area contributed by atoms with Crippen LogP contribution in [0, 0.1) is 45.0 Å². The Morgan fingerprint density at radius 2 is 1.66 bits per heavy atom. The fourth-order valence-corrected chi connectivity index (χ4v) is 9.53. The van der Waals surface area contributed by atoms with Gasteiger partial charge < -0.3 is 20.6 Å². The molecule has 0 radical (unpaired) electrons. The number of β-amino-alcohol motifs (C(OH)–C–C–N with tert-alkyl or cyclic N) is 1. The van der Waals surface area contributed by atoms with Gasteiger partial charge in [0.05, 0.1) is 33.9 Å². The van der Waals surface area contributed by atoms with Crippen molar-refractivity contribution in [1.82, 2.24) is 35.3 Å². The van der Waals surface area contributed by atoms with Gasteiger partial charge in [0.2, 0.25) is 11.8 Å². The Morgan fingerprint density at radius 3 is 2.31 bits per heavy atom. The van der Waals surface area contributed by atoms with Gasteiger partial charge in [-0.2, -0.15) is 0 Å². The van der Waals surface area contributed by atoms with E-state index in [-0.39, 0.29) is 31.0 Å². The molecule has 5 aromatic rings. The van der Waals surface area contributed by atoms with Crippen LogP contribution in [0.15, 0.2) is 59.0 Å². The van der Waals surface area contributed by atoms with Crippen LogP contribution in [0.2, 0.25) is 0 Å². The summed E-state index contributed by atoms with van der Waals surface area (Å²) in [5.41, 5.74) is 8.62. The molecule has 0 bridgehead atoms. The zero-order valence-corrected chi connectivity index (χ0v) is 35.8. The van der Waals surface area contributed by atoms with Crippen LogP contribution in [0.1, 0.15) is 103 Å². The smallest absolute Gasteiger partial charge is 0.296 e. The molecule has 2 aliphatic rings. The van der Waals surface area contributed by atoms with Gasteiger partial charge in [-0.1, -0.05) is 63.1 Å². The van der Waals surface area contributed by atoms with Gasteiger partial charge in [0.15, 0.2) is 5.82 Å². The number of benzene rings is 2. The number of nitrogens with zero attached hydrogens (tertiary/aromatic N) is 6. The second-order valence-corrected chi connectivity index (χ2v) is 18.2. The Hall–Kier alpha value is -5.49. The molecule has 1 fully saturated rings. The highest BCUT2D eigenvalue weighted by Crippen LogP contribution is 2.38. The summed E-state index contributed by atoms with van der Waals surface area (Å²) in [5, 5.41) is 26.3. The van der Waals surface area contributed by atoms with Crippen molar-refractivity contribution in [3.63, 3.8) is 0 Å². The molecule has 12 nitrogen and oxygen atoms in total. The molecule has 2 aliphatic heterocycles. The maximum atomic E-state index is 14.2. The number of aliphatic hydroxyl groups is 1. The summed E-state index contributed by atoms with van der Waals surface area (Å²) in [7, 11) is 0. The van der Waals surface area contributed by atoms with Crippen molar-refractivity contribution in [3.05, 3.63) is 104 Å². The van der Waals surface area contributed by atoms with E-state index < -0.39 is 35.4 Å². The molecule has 3 amide bonds. The van der Waals surface area contributed by atoms with Crippen molar-refractivity contribution in [1.29, 1.82) is 0 Å². The lowest BCUT2D eigenvalue weighted by Gasteiger charge is -2.35. The fourth-order valence-electron chi connectivity index (χ4n) is 7.50. The average Bonchev–Trinajstić information content (AvgIpc) is 3.95. The first-order chi connectivity index (χ1) is 27.5. The lowest BCUT2D eigenvalue weighted by Crippen LogP contribution is -2.57. The first-order valence-electron chi connectivity index (χ1n) is 19.3. The molecule has 3 aromatic heterocycles. The van der Waals surface area contributed by atoms with Crippen LogP contribution in [0.3, 0.4) is 0 Å². The largest absolute Gasteiger partial charge is 0.391 e. The monoisotopic (exact) mass is 816 g/mol. The van der Waals surface area contributed by atoms with Crippen molar-refractivity contribution in [2.45, 2.75) is 99.0 Å². The maximum Gasteiger partial charge on any atom is 0.296 e. The number of amides is 3. The molecule has 0 spiro atoms. The molecule has 0 aliphatic carbocycles. The number of aliphatic hydroxyl groups excluding tert-OH is 1. The summed E-state index contributed by atoms with van der Waals surface area (Å²) >= 11 is 3.28. The highest BCUT2D eigenvalue weighted by Gasteiger charge is 2.44. The van der Waals surface area contributed by atoms with Crippen molar-refractivity contribution in [2.24, 2.45) is 10.4 Å². The van der Waals surface area contributed by atoms with E-state index in [9.17, 15) is 19.5 Å². The number of hydrogen-bond donors (Lipinski definition) is 3. The number of hydrogen-bond acceptors (Lipinski definition) is 10. The van der Waals surface area contributed by atoms with Gasteiger partial charge in [-0.05, 0) is 75.8 Å². The van der Waals surface area contributed by atoms with Crippen molar-refractivity contribution in [3.8, 4) is 27.3 Å². The molecule has 5 atom stereocenters. The van der Waals surface area contributed by atoms with Gasteiger partial charge in [0.1, 0.15) is 29.0 Å². The van der Waals surface area contributed by atoms with Crippen LogP contribution in [-0.4, -0.2) is 77.9 Å². The number of carbonyl (C=O) groups is 3. The minimum Gasteiger partial charge on any atom is -0.391 e. The van der Waals surface area contributed by atoms with E-state index in [0.29, 0.717) is 5.56 Å². The minimum absolute atomic E-state index is 0.0238. The maximum absolute atomic E-state index is 14.2. The Morgan fingerprint density at radius 1 is 0.966 bits per heavy atom. The van der Waals surface area contributed by atoms with Crippen LogP contribution in [0.5, 0.6) is 0 Å². The van der Waals surface area contributed by atoms with E-state index in [0.717, 1.165) is 60.7 Å². The molecule has 7 rings (SSSR count). The topological polar surface area (TPSA) is 155 Å². The second-order valence-electron chi connectivity index (χ2n) is 16.2. The van der Waals surface area contributed by atoms with E-state index in [4.69, 9.17) is 4.99 Å². The summed E-state index contributed by atoms with van der Waals surface area (Å²) in [6, 6.07) is 13.1. The first-order valence-corrected chi connectivity index (χ1v) is 21.0. The van der Waals surface area contributed by atoms with Crippen molar-refractivity contribution < 1.29 is 19.5 Å². The summed E-state index contributed by atoms with van der Waals surface area (Å²) in [4.78, 5) is 54.3. The third-order valence-electron chi connectivity index (χ3n) is 10.9. The molecule has 58 heavy (non-hydrogen) atoms. The van der Waals surface area contributed by atoms with Crippen molar-refractivity contribution in [2.75, 3.05) is 6.54 Å². The summed E-state index contributed by atoms with van der Waals surface area (Å²) in [6.45, 7) is 17.5. The average molecular weight is 817 g/mol. The molecule has 2 aromatic carbocycles. The molecule has 300 valence electrons. The minimum atomic E-state index is -1.01. The number of carbonyl (C=O) groups excluding carboxylic acids is 3. The SMILES string of the molecule is Cc1ncsc1-c1ccc([C@H](C)NC(=O)[C@@H]2C[C@@H](O)CN2C(=O)C(NC(=O)C#Cc2ccc(C3=N[C@@H](C)c4nnc(C)n4-c4sc(C)c(C)c43)cc2)C(C)(C)C)cc1. The van der Waals surface area contributed by atoms with Gasteiger partial charge in [0, 0.05) is 40.5 Å². The molecule has 1 saturated heterocycles. The number of likely N-dealkylation sites (tertiary alicyclic amines) is 1. The number of rotatable bonds is 7. The Bertz CT molecular complexity index is 2480. The standard InChI is InChI=1S/C44H48N8O4S2/c1-23-27(5)58-43-36(23)37(46-26(4)40-50-49-28(6)52(40)43)31-13-10-29(11-14-31)12-19-35(54)48-39(44(7,8)9)42(56)51-21-33(53)20-34(51)41(55)47-24(2)30-15-17-32(18-16-30)38-25(3)45-22-57-38/h10-11,13-18,22,24,26,33-34,39,53H,20-21H2,1-9H3,(H,47,55)(H,48,54)/t24-,26-,33+,34-,39?/m0/s1. The van der Waals surface area contributed by atoms with Crippen LogP contribution in [-0.2, 0) is 14.4 Å². The number of thiophene rings is 1. The summed E-state index contributed by atoms with van der Waals surface area (Å²) in [5.74, 6) is 5.76. The zero-order chi connectivity index (χ0) is 41.6. The number of fused-ring (bicyclic) bond motifs is 3. The predicted molar refractivity (Wildman–Crippen MR) is 227 cm³/mol. The predicted octanol–water partition coefficient (Wildman–Crippen LogP) is 6.32. The Balaban J connectivity index is 1.03. The Kier molecular flexibility index (Phi) is 11.3. The van der Waals surface area contributed by atoms with E-state index in [1.165, 1.54) is 9.78 Å². The van der Waals surface area contributed by atoms with Gasteiger partial charge in [-0.15, -0.1) is 32.9 Å². The van der Waals surface area contributed by atoms with Crippen molar-refractivity contribution >= 4 is 46.1 Å². The fraction of sp³-hybridized carbons (Fsp3) is 0.386. The molecule has 5 heterocycles. The highest BCUT2D eigenvalue weighted by molar-refractivity contribution is 7.15. The number of aryl methyl sites for hydroxylation is 3. The van der Waals surface area contributed by atoms with Gasteiger partial charge in [-0.25, -0.2) is 4.98 Å². The van der Waals surface area contributed by atoms with Gasteiger partial charge in [0.25, 0.3) is 5.91 Å². The number of thiazole rings is 1. The number of aliphatic imine (C=N–C) groups is 1. The lowest BCUT2D eigenvalue weighted by molar-refractivity contribution is -0.143. The third kappa shape index (κ3) is 7.99. The van der Waals surface area contributed by atoms with E-state index in [1.807, 2.05) is 103 Å². The molecule has 1 unspecified atom stereocenters. The highest BCUT2D eigenvalue weighted by atomic mass is 32.1. The van der Waals surface area contributed by atoms with Gasteiger partial charge >= 0.3 is 0 Å². The molecule has 0 saturated carbocycles. The zero-order valence-electron chi connectivity index (χ0n) is 34.2. The van der Waals surface area contributed by atoms with Crippen LogP contribution >= 0.6 is 22.7 Å². The molecular weight excluding hydrogens is 769 g/mol. The lowest BCUT2D eigenvalue weighted by atomic mass is 9.85. The van der Waals surface area contributed by atoms with Crippen LogP contribution < -0.4 is 10.6 Å². The van der Waals surface area contributed by atoms with Crippen LogP contribution in [0.25, 0.3) is 15.4 Å². The van der Waals surface area contributed by atoms with E-state index in [2.05, 4.69) is 56.1 Å². The van der Waals surface area contributed by atoms with E-state index in [1.54, 1.807) is 22.7 Å². The van der Waals surface area contributed by atoms with Crippen LogP contribution in [0.4, 0.5) is 0 Å². The molecular formula is C44H48N8O4S2. The quantitative estimate of drug-likeness (QED) is 0.163. The number of nitrogens with one attached hydrogen (secondary N) is 2. The Labute approximate surface area is 346 Å². The number of aromatic nitrogens is 4. The molecule has 3 N–H and O–H groups in total.